The molecule has 1 fully saturated rings. The van der Waals surface area contributed by atoms with Crippen LogP contribution in [-0.2, 0) is 0 Å². The number of hydrogen-bond donors (Lipinski definition) is 2. The first-order chi connectivity index (χ1) is 10.2. The molecule has 21 heavy (non-hydrogen) atoms. The van der Waals surface area contributed by atoms with Gasteiger partial charge >= 0.3 is 0 Å². The Bertz CT molecular complexity index is 621. The van der Waals surface area contributed by atoms with E-state index in [2.05, 4.69) is 36.3 Å². The number of nitrogens with zero attached hydrogens (tertiary/aromatic N) is 1. The SMILES string of the molecule is CC(C)C1CCCCC1Nc1ccc2ncccc2c1N. The molecule has 0 saturated heterocycles. The third-order valence-corrected chi connectivity index (χ3v) is 4.84. The number of hydrogen-bond acceptors (Lipinski definition) is 3. The van der Waals surface area contributed by atoms with E-state index >= 15 is 0 Å². The fourth-order valence-electron chi connectivity index (χ4n) is 3.64. The van der Waals surface area contributed by atoms with E-state index in [1.165, 1.54) is 25.7 Å². The summed E-state index contributed by atoms with van der Waals surface area (Å²) >= 11 is 0. The average molecular weight is 283 g/mol. The predicted octanol–water partition coefficient (Wildman–Crippen LogP) is 4.44. The molecule has 0 radical (unpaired) electrons. The second-order valence-corrected chi connectivity index (χ2v) is 6.54. The summed E-state index contributed by atoms with van der Waals surface area (Å²) in [5.41, 5.74) is 9.21. The van der Waals surface area contributed by atoms with Crippen LogP contribution in [0.3, 0.4) is 0 Å². The Morgan fingerprint density at radius 2 is 2.00 bits per heavy atom. The molecule has 3 nitrogen and oxygen atoms in total. The third-order valence-electron chi connectivity index (χ3n) is 4.84. The van der Waals surface area contributed by atoms with Gasteiger partial charge < -0.3 is 11.1 Å². The van der Waals surface area contributed by atoms with Crippen molar-refractivity contribution in [2.24, 2.45) is 11.8 Å². The quantitative estimate of drug-likeness (QED) is 0.819. The summed E-state index contributed by atoms with van der Waals surface area (Å²) in [6.07, 6.45) is 7.05. The molecule has 1 aromatic heterocycles. The maximum absolute atomic E-state index is 6.36. The Balaban J connectivity index is 1.88. The Morgan fingerprint density at radius 3 is 2.81 bits per heavy atom. The van der Waals surface area contributed by atoms with Crippen molar-refractivity contribution in [1.82, 2.24) is 4.98 Å². The lowest BCUT2D eigenvalue weighted by Gasteiger charge is -2.36. The molecule has 0 amide bonds. The molecule has 3 rings (SSSR count). The summed E-state index contributed by atoms with van der Waals surface area (Å²) < 4.78 is 0. The van der Waals surface area contributed by atoms with Crippen molar-refractivity contribution in [3.8, 4) is 0 Å². The number of fused-ring (bicyclic) bond motifs is 1. The molecule has 1 aliphatic rings. The summed E-state index contributed by atoms with van der Waals surface area (Å²) in [6, 6.07) is 8.66. The highest BCUT2D eigenvalue weighted by molar-refractivity contribution is 5.96. The molecule has 0 bridgehead atoms. The minimum atomic E-state index is 0.537. The number of anilines is 2. The normalized spacial score (nSPS) is 22.6. The monoisotopic (exact) mass is 283 g/mol. The molecule has 1 saturated carbocycles. The Hall–Kier alpha value is -1.77. The minimum Gasteiger partial charge on any atom is -0.397 e. The van der Waals surface area contributed by atoms with Crippen LogP contribution in [0.1, 0.15) is 39.5 Å². The zero-order valence-electron chi connectivity index (χ0n) is 13.0. The van der Waals surface area contributed by atoms with Gasteiger partial charge in [-0.1, -0.05) is 26.7 Å². The van der Waals surface area contributed by atoms with Crippen LogP contribution < -0.4 is 11.1 Å². The van der Waals surface area contributed by atoms with Gasteiger partial charge in [0, 0.05) is 17.6 Å². The number of benzene rings is 1. The highest BCUT2D eigenvalue weighted by atomic mass is 14.9. The van der Waals surface area contributed by atoms with Crippen molar-refractivity contribution in [3.05, 3.63) is 30.5 Å². The van der Waals surface area contributed by atoms with E-state index in [1.54, 1.807) is 0 Å². The van der Waals surface area contributed by atoms with Gasteiger partial charge in [0.25, 0.3) is 0 Å². The van der Waals surface area contributed by atoms with Gasteiger partial charge in [-0.05, 0) is 48.9 Å². The molecule has 1 aliphatic carbocycles. The van der Waals surface area contributed by atoms with Crippen LogP contribution in [0.2, 0.25) is 0 Å². The summed E-state index contributed by atoms with van der Waals surface area (Å²) in [4.78, 5) is 4.37. The molecule has 2 atom stereocenters. The second kappa shape index (κ2) is 5.92. The van der Waals surface area contributed by atoms with Crippen molar-refractivity contribution in [1.29, 1.82) is 0 Å². The minimum absolute atomic E-state index is 0.537. The van der Waals surface area contributed by atoms with Crippen LogP contribution in [0.25, 0.3) is 10.9 Å². The van der Waals surface area contributed by atoms with E-state index < -0.39 is 0 Å². The zero-order valence-corrected chi connectivity index (χ0v) is 13.0. The standard InChI is InChI=1S/C18H25N3/c1-12(2)13-6-3-4-8-16(13)21-17-10-9-15-14(18(17)19)7-5-11-20-15/h5,7,9-13,16,21H,3-4,6,8,19H2,1-2H3. The fourth-order valence-corrected chi connectivity index (χ4v) is 3.64. The van der Waals surface area contributed by atoms with Crippen molar-refractivity contribution >= 4 is 22.3 Å². The molecule has 2 aromatic rings. The van der Waals surface area contributed by atoms with Gasteiger partial charge in [0.2, 0.25) is 0 Å². The van der Waals surface area contributed by atoms with Crippen LogP contribution in [0, 0.1) is 11.8 Å². The maximum atomic E-state index is 6.36. The summed E-state index contributed by atoms with van der Waals surface area (Å²) in [5, 5.41) is 4.76. The lowest BCUT2D eigenvalue weighted by Crippen LogP contribution is -2.35. The Labute approximate surface area is 127 Å². The molecule has 0 aliphatic heterocycles. The first kappa shape index (κ1) is 14.2. The van der Waals surface area contributed by atoms with Gasteiger partial charge in [0.05, 0.1) is 16.9 Å². The molecule has 1 heterocycles. The Kier molecular flexibility index (Phi) is 4.00. The van der Waals surface area contributed by atoms with Crippen LogP contribution in [0.5, 0.6) is 0 Å². The van der Waals surface area contributed by atoms with Gasteiger partial charge in [-0.2, -0.15) is 0 Å². The van der Waals surface area contributed by atoms with Gasteiger partial charge in [-0.3, -0.25) is 4.98 Å². The highest BCUT2D eigenvalue weighted by Crippen LogP contribution is 2.35. The van der Waals surface area contributed by atoms with E-state index in [1.807, 2.05) is 18.3 Å². The van der Waals surface area contributed by atoms with E-state index in [0.717, 1.165) is 28.2 Å². The third kappa shape index (κ3) is 2.82. The molecule has 0 spiro atoms. The molecule has 3 heteroatoms. The number of nitrogens with two attached hydrogens (primary N) is 1. The van der Waals surface area contributed by atoms with E-state index in [9.17, 15) is 0 Å². The number of rotatable bonds is 3. The fraction of sp³-hybridized carbons (Fsp3) is 0.500. The van der Waals surface area contributed by atoms with Crippen molar-refractivity contribution in [3.63, 3.8) is 0 Å². The highest BCUT2D eigenvalue weighted by Gasteiger charge is 2.27. The van der Waals surface area contributed by atoms with Crippen LogP contribution in [0.4, 0.5) is 11.4 Å². The lowest BCUT2D eigenvalue weighted by atomic mass is 9.77. The van der Waals surface area contributed by atoms with E-state index in [0.29, 0.717) is 12.0 Å². The van der Waals surface area contributed by atoms with E-state index in [4.69, 9.17) is 5.73 Å². The second-order valence-electron chi connectivity index (χ2n) is 6.54. The van der Waals surface area contributed by atoms with Gasteiger partial charge in [0.15, 0.2) is 0 Å². The smallest absolute Gasteiger partial charge is 0.0724 e. The molecule has 2 unspecified atom stereocenters. The van der Waals surface area contributed by atoms with Gasteiger partial charge in [-0.25, -0.2) is 0 Å². The number of nitrogens with one attached hydrogen (secondary N) is 1. The van der Waals surface area contributed by atoms with Crippen molar-refractivity contribution in [2.75, 3.05) is 11.1 Å². The summed E-state index contributed by atoms with van der Waals surface area (Å²) in [7, 11) is 0. The summed E-state index contributed by atoms with van der Waals surface area (Å²) in [5.74, 6) is 1.45. The van der Waals surface area contributed by atoms with Gasteiger partial charge in [0.1, 0.15) is 0 Å². The van der Waals surface area contributed by atoms with Gasteiger partial charge in [-0.15, -0.1) is 0 Å². The largest absolute Gasteiger partial charge is 0.397 e. The molecule has 112 valence electrons. The number of aromatic nitrogens is 1. The molecular formula is C18H25N3. The number of nitrogen functional groups attached to an aromatic ring is 1. The first-order valence-corrected chi connectivity index (χ1v) is 8.06. The Morgan fingerprint density at radius 1 is 1.19 bits per heavy atom. The van der Waals surface area contributed by atoms with Crippen molar-refractivity contribution < 1.29 is 0 Å². The number of pyridine rings is 1. The predicted molar refractivity (Wildman–Crippen MR) is 90.4 cm³/mol. The maximum Gasteiger partial charge on any atom is 0.0724 e. The van der Waals surface area contributed by atoms with Crippen LogP contribution >= 0.6 is 0 Å². The average Bonchev–Trinajstić information content (AvgIpc) is 2.51. The summed E-state index contributed by atoms with van der Waals surface area (Å²) in [6.45, 7) is 4.66. The van der Waals surface area contributed by atoms with E-state index in [-0.39, 0.29) is 0 Å². The topological polar surface area (TPSA) is 50.9 Å². The molecular weight excluding hydrogens is 258 g/mol. The zero-order chi connectivity index (χ0) is 14.8. The lowest BCUT2D eigenvalue weighted by molar-refractivity contribution is 0.254. The van der Waals surface area contributed by atoms with Crippen LogP contribution in [0.15, 0.2) is 30.5 Å². The van der Waals surface area contributed by atoms with Crippen LogP contribution in [-0.4, -0.2) is 11.0 Å². The first-order valence-electron chi connectivity index (χ1n) is 8.06. The van der Waals surface area contributed by atoms with Crippen molar-refractivity contribution in [2.45, 2.75) is 45.6 Å². The molecule has 1 aromatic carbocycles. The molecule has 3 N–H and O–H groups in total.